The fourth-order valence-electron chi connectivity index (χ4n) is 3.74. The third-order valence-corrected chi connectivity index (χ3v) is 7.84. The molecule has 1 amide bonds. The lowest BCUT2D eigenvalue weighted by Crippen LogP contribution is -2.41. The van der Waals surface area contributed by atoms with Gasteiger partial charge in [0.25, 0.3) is 0 Å². The molecule has 1 fully saturated rings. The van der Waals surface area contributed by atoms with Gasteiger partial charge in [0.1, 0.15) is 5.82 Å². The summed E-state index contributed by atoms with van der Waals surface area (Å²) in [5, 5.41) is 4.73. The highest BCUT2D eigenvalue weighted by Crippen LogP contribution is 2.27. The summed E-state index contributed by atoms with van der Waals surface area (Å²) in [6.45, 7) is 2.36. The van der Waals surface area contributed by atoms with Gasteiger partial charge in [0.05, 0.1) is 22.8 Å². The maximum atomic E-state index is 12.8. The van der Waals surface area contributed by atoms with Crippen LogP contribution < -0.4 is 5.32 Å². The molecule has 0 unspecified atom stereocenters. The van der Waals surface area contributed by atoms with Crippen molar-refractivity contribution in [3.63, 3.8) is 0 Å². The van der Waals surface area contributed by atoms with Crippen molar-refractivity contribution in [2.75, 3.05) is 29.1 Å². The molecule has 3 aromatic rings. The van der Waals surface area contributed by atoms with Crippen LogP contribution in [0.1, 0.15) is 13.3 Å². The third kappa shape index (κ3) is 5.16. The van der Waals surface area contributed by atoms with Crippen molar-refractivity contribution >= 4 is 49.9 Å². The number of benzene rings is 2. The van der Waals surface area contributed by atoms with Gasteiger partial charge in [-0.05, 0) is 37.6 Å². The van der Waals surface area contributed by atoms with Crippen molar-refractivity contribution in [1.29, 1.82) is 0 Å². The predicted molar refractivity (Wildman–Crippen MR) is 124 cm³/mol. The van der Waals surface area contributed by atoms with Crippen LogP contribution in [0, 0.1) is 0 Å². The first-order valence-corrected chi connectivity index (χ1v) is 13.0. The van der Waals surface area contributed by atoms with Gasteiger partial charge in [0.15, 0.2) is 15.0 Å². The van der Waals surface area contributed by atoms with Crippen molar-refractivity contribution in [3.8, 4) is 0 Å². The van der Waals surface area contributed by atoms with E-state index < -0.39 is 9.84 Å². The minimum absolute atomic E-state index is 0.0505. The molecule has 1 aromatic heterocycles. The summed E-state index contributed by atoms with van der Waals surface area (Å²) in [7, 11) is -3.04. The zero-order valence-electron chi connectivity index (χ0n) is 17.2. The Kier molecular flexibility index (Phi) is 6.43. The number of anilines is 2. The van der Waals surface area contributed by atoms with Crippen LogP contribution in [-0.4, -0.2) is 59.0 Å². The van der Waals surface area contributed by atoms with Crippen LogP contribution in [0.15, 0.2) is 59.8 Å². The van der Waals surface area contributed by atoms with Crippen molar-refractivity contribution in [2.24, 2.45) is 0 Å². The fourth-order valence-corrected chi connectivity index (χ4v) is 6.21. The minimum atomic E-state index is -3.04. The molecule has 0 radical (unpaired) electrons. The summed E-state index contributed by atoms with van der Waals surface area (Å²) in [5.41, 5.74) is 1.71. The van der Waals surface area contributed by atoms with E-state index in [9.17, 15) is 13.2 Å². The van der Waals surface area contributed by atoms with Gasteiger partial charge in [-0.3, -0.25) is 4.79 Å². The van der Waals surface area contributed by atoms with Gasteiger partial charge in [0.2, 0.25) is 5.91 Å². The molecular formula is C22H24N4O3S2. The number of nitrogens with zero attached hydrogens (tertiary/aromatic N) is 3. The Morgan fingerprint density at radius 3 is 2.58 bits per heavy atom. The highest BCUT2D eigenvalue weighted by molar-refractivity contribution is 7.99. The molecular weight excluding hydrogens is 432 g/mol. The molecule has 2 aromatic carbocycles. The van der Waals surface area contributed by atoms with Gasteiger partial charge >= 0.3 is 0 Å². The SMILES string of the molecule is CCN(C(=O)CSc1nc(Nc2ccccc2)c2ccccc2n1)[C@H]1CCS(=O)(=O)C1. The quantitative estimate of drug-likeness (QED) is 0.430. The summed E-state index contributed by atoms with van der Waals surface area (Å²) in [6, 6.07) is 17.3. The molecule has 1 aliphatic heterocycles. The lowest BCUT2D eigenvalue weighted by atomic mass is 10.2. The van der Waals surface area contributed by atoms with Crippen LogP contribution in [0.4, 0.5) is 11.5 Å². The number of para-hydroxylation sites is 2. The van der Waals surface area contributed by atoms with E-state index in [0.717, 1.165) is 16.6 Å². The summed E-state index contributed by atoms with van der Waals surface area (Å²) in [6.07, 6.45) is 0.504. The summed E-state index contributed by atoms with van der Waals surface area (Å²) >= 11 is 1.27. The van der Waals surface area contributed by atoms with Crippen LogP contribution in [0.2, 0.25) is 0 Å². The maximum Gasteiger partial charge on any atom is 0.233 e. The van der Waals surface area contributed by atoms with E-state index in [2.05, 4.69) is 15.3 Å². The fraction of sp³-hybridized carbons (Fsp3) is 0.318. The van der Waals surface area contributed by atoms with E-state index in [1.165, 1.54) is 11.8 Å². The lowest BCUT2D eigenvalue weighted by Gasteiger charge is -2.26. The smallest absolute Gasteiger partial charge is 0.233 e. The molecule has 0 spiro atoms. The molecule has 1 atom stereocenters. The monoisotopic (exact) mass is 456 g/mol. The van der Waals surface area contributed by atoms with Crippen LogP contribution in [0.25, 0.3) is 10.9 Å². The van der Waals surface area contributed by atoms with E-state index in [1.54, 1.807) is 4.90 Å². The molecule has 0 bridgehead atoms. The Hall–Kier alpha value is -2.65. The van der Waals surface area contributed by atoms with E-state index in [1.807, 2.05) is 61.5 Å². The highest BCUT2D eigenvalue weighted by atomic mass is 32.2. The number of hydrogen-bond donors (Lipinski definition) is 1. The molecule has 9 heteroatoms. The summed E-state index contributed by atoms with van der Waals surface area (Å²) < 4.78 is 23.6. The summed E-state index contributed by atoms with van der Waals surface area (Å²) in [5.74, 6) is 0.948. The van der Waals surface area contributed by atoms with Gasteiger partial charge in [0, 0.05) is 23.7 Å². The Bertz CT molecular complexity index is 1190. The molecule has 0 aliphatic carbocycles. The summed E-state index contributed by atoms with van der Waals surface area (Å²) in [4.78, 5) is 23.7. The number of nitrogens with one attached hydrogen (secondary N) is 1. The van der Waals surface area contributed by atoms with E-state index >= 15 is 0 Å². The largest absolute Gasteiger partial charge is 0.340 e. The molecule has 0 saturated carbocycles. The van der Waals surface area contributed by atoms with E-state index in [0.29, 0.717) is 23.9 Å². The van der Waals surface area contributed by atoms with Gasteiger partial charge in [-0.2, -0.15) is 0 Å². The maximum absolute atomic E-state index is 12.8. The first-order valence-electron chi connectivity index (χ1n) is 10.2. The number of sulfone groups is 1. The number of hydrogen-bond acceptors (Lipinski definition) is 7. The standard InChI is InChI=1S/C22H24N4O3S2/c1-2-26(17-12-13-31(28,29)15-17)20(27)14-30-22-24-19-11-7-6-10-18(19)21(25-22)23-16-8-4-3-5-9-16/h3-11,17H,2,12-15H2,1H3,(H,23,24,25)/t17-/m0/s1. The average molecular weight is 457 g/mol. The molecule has 1 aliphatic rings. The van der Waals surface area contributed by atoms with Gasteiger partial charge < -0.3 is 10.2 Å². The number of thioether (sulfide) groups is 1. The Morgan fingerprint density at radius 1 is 1.13 bits per heavy atom. The number of rotatable bonds is 7. The topological polar surface area (TPSA) is 92.3 Å². The normalized spacial score (nSPS) is 17.5. The zero-order valence-corrected chi connectivity index (χ0v) is 18.8. The molecule has 4 rings (SSSR count). The average Bonchev–Trinajstić information content (AvgIpc) is 3.13. The highest BCUT2D eigenvalue weighted by Gasteiger charge is 2.33. The van der Waals surface area contributed by atoms with Crippen LogP contribution >= 0.6 is 11.8 Å². The molecule has 2 heterocycles. The van der Waals surface area contributed by atoms with Gasteiger partial charge in [-0.15, -0.1) is 0 Å². The Morgan fingerprint density at radius 2 is 1.87 bits per heavy atom. The van der Waals surface area contributed by atoms with Crippen molar-refractivity contribution < 1.29 is 13.2 Å². The van der Waals surface area contributed by atoms with Crippen LogP contribution in [-0.2, 0) is 14.6 Å². The van der Waals surface area contributed by atoms with Crippen LogP contribution in [0.5, 0.6) is 0 Å². The van der Waals surface area contributed by atoms with Crippen LogP contribution in [0.3, 0.4) is 0 Å². The molecule has 7 nitrogen and oxygen atoms in total. The minimum Gasteiger partial charge on any atom is -0.340 e. The van der Waals surface area contributed by atoms with E-state index in [-0.39, 0.29) is 29.2 Å². The molecule has 1 saturated heterocycles. The van der Waals surface area contributed by atoms with Crippen molar-refractivity contribution in [1.82, 2.24) is 14.9 Å². The molecule has 162 valence electrons. The van der Waals surface area contributed by atoms with Gasteiger partial charge in [-0.25, -0.2) is 18.4 Å². The predicted octanol–water partition coefficient (Wildman–Crippen LogP) is 3.50. The Balaban J connectivity index is 1.52. The zero-order chi connectivity index (χ0) is 21.8. The van der Waals surface area contributed by atoms with E-state index in [4.69, 9.17) is 0 Å². The first-order chi connectivity index (χ1) is 14.9. The second-order valence-corrected chi connectivity index (χ2v) is 10.6. The first kappa shape index (κ1) is 21.6. The van der Waals surface area contributed by atoms with Crippen molar-refractivity contribution in [2.45, 2.75) is 24.5 Å². The lowest BCUT2D eigenvalue weighted by molar-refractivity contribution is -0.129. The van der Waals surface area contributed by atoms with Gasteiger partial charge in [-0.1, -0.05) is 42.1 Å². The number of carbonyl (C=O) groups is 1. The number of fused-ring (bicyclic) bond motifs is 1. The second-order valence-electron chi connectivity index (χ2n) is 7.39. The third-order valence-electron chi connectivity index (χ3n) is 5.25. The molecule has 1 N–H and O–H groups in total. The van der Waals surface area contributed by atoms with Crippen molar-refractivity contribution in [3.05, 3.63) is 54.6 Å². The second kappa shape index (κ2) is 9.23. The number of aromatic nitrogens is 2. The molecule has 31 heavy (non-hydrogen) atoms. The Labute approximate surface area is 186 Å². The number of carbonyl (C=O) groups excluding carboxylic acids is 1. The number of amides is 1.